The molecule has 2 atom stereocenters. The highest BCUT2D eigenvalue weighted by Gasteiger charge is 2.25. The summed E-state index contributed by atoms with van der Waals surface area (Å²) < 4.78 is 0. The number of rotatable bonds is 1. The van der Waals surface area contributed by atoms with Gasteiger partial charge in [0.2, 0.25) is 0 Å². The summed E-state index contributed by atoms with van der Waals surface area (Å²) in [6.07, 6.45) is 2.40. The van der Waals surface area contributed by atoms with Gasteiger partial charge in [-0.15, -0.1) is 0 Å². The SMILES string of the molecule is C[C@H]1CN[C@H](c2ccc3[nH]ncc3c2)CC1=O. The lowest BCUT2D eigenvalue weighted by molar-refractivity contribution is -0.124. The molecule has 0 bridgehead atoms. The highest BCUT2D eigenvalue weighted by Crippen LogP contribution is 2.25. The number of ketones is 1. The van der Waals surface area contributed by atoms with Gasteiger partial charge in [0, 0.05) is 30.3 Å². The van der Waals surface area contributed by atoms with E-state index in [-0.39, 0.29) is 12.0 Å². The van der Waals surface area contributed by atoms with Crippen molar-refractivity contribution < 1.29 is 4.79 Å². The van der Waals surface area contributed by atoms with E-state index in [0.29, 0.717) is 12.2 Å². The van der Waals surface area contributed by atoms with E-state index in [2.05, 4.69) is 27.6 Å². The first kappa shape index (κ1) is 10.5. The zero-order valence-electron chi connectivity index (χ0n) is 9.73. The molecule has 17 heavy (non-hydrogen) atoms. The first-order valence-corrected chi connectivity index (χ1v) is 5.93. The van der Waals surface area contributed by atoms with Crippen molar-refractivity contribution in [2.75, 3.05) is 6.54 Å². The van der Waals surface area contributed by atoms with Crippen molar-refractivity contribution in [2.24, 2.45) is 5.92 Å². The van der Waals surface area contributed by atoms with Gasteiger partial charge in [0.05, 0.1) is 11.7 Å². The van der Waals surface area contributed by atoms with Crippen molar-refractivity contribution in [3.05, 3.63) is 30.0 Å². The molecule has 0 aliphatic carbocycles. The summed E-state index contributed by atoms with van der Waals surface area (Å²) in [7, 11) is 0. The number of aromatic nitrogens is 2. The molecule has 1 aliphatic rings. The minimum absolute atomic E-state index is 0.143. The standard InChI is InChI=1S/C13H15N3O/c1-8-6-14-12(5-13(8)17)9-2-3-11-10(4-9)7-15-16-11/h2-4,7-8,12,14H,5-6H2,1H3,(H,15,16)/t8-,12-/m0/s1. The molecule has 88 valence electrons. The molecule has 0 radical (unpaired) electrons. The predicted octanol–water partition coefficient (Wildman–Crippen LogP) is 1.80. The largest absolute Gasteiger partial charge is 0.309 e. The Morgan fingerprint density at radius 2 is 2.29 bits per heavy atom. The molecule has 4 nitrogen and oxygen atoms in total. The van der Waals surface area contributed by atoms with Gasteiger partial charge in [0.15, 0.2) is 0 Å². The van der Waals surface area contributed by atoms with Crippen molar-refractivity contribution in [2.45, 2.75) is 19.4 Å². The first-order chi connectivity index (χ1) is 8.24. The minimum atomic E-state index is 0.143. The number of piperidine rings is 1. The smallest absolute Gasteiger partial charge is 0.138 e. The van der Waals surface area contributed by atoms with Gasteiger partial charge in [0.25, 0.3) is 0 Å². The maximum absolute atomic E-state index is 11.7. The molecule has 1 aromatic carbocycles. The maximum Gasteiger partial charge on any atom is 0.138 e. The average molecular weight is 229 g/mol. The molecule has 1 aliphatic heterocycles. The molecule has 0 saturated carbocycles. The van der Waals surface area contributed by atoms with Crippen molar-refractivity contribution in [1.82, 2.24) is 15.5 Å². The molecule has 2 N–H and O–H groups in total. The topological polar surface area (TPSA) is 57.8 Å². The molecule has 1 saturated heterocycles. The Morgan fingerprint density at radius 3 is 3.12 bits per heavy atom. The number of carbonyl (C=O) groups is 1. The van der Waals surface area contributed by atoms with Crippen LogP contribution in [0.3, 0.4) is 0 Å². The highest BCUT2D eigenvalue weighted by atomic mass is 16.1. The van der Waals surface area contributed by atoms with Gasteiger partial charge in [-0.2, -0.15) is 5.10 Å². The number of fused-ring (bicyclic) bond motifs is 1. The number of H-pyrrole nitrogens is 1. The Hall–Kier alpha value is -1.68. The van der Waals surface area contributed by atoms with Crippen LogP contribution in [0.15, 0.2) is 24.4 Å². The van der Waals surface area contributed by atoms with Crippen molar-refractivity contribution >= 4 is 16.7 Å². The van der Waals surface area contributed by atoms with Crippen molar-refractivity contribution in [1.29, 1.82) is 0 Å². The summed E-state index contributed by atoms with van der Waals surface area (Å²) in [5.74, 6) is 0.491. The summed E-state index contributed by atoms with van der Waals surface area (Å²) in [4.78, 5) is 11.7. The average Bonchev–Trinajstić information content (AvgIpc) is 2.79. The summed E-state index contributed by atoms with van der Waals surface area (Å²) in [5, 5.41) is 11.4. The molecule has 4 heteroatoms. The fraction of sp³-hybridized carbons (Fsp3) is 0.385. The number of nitrogens with one attached hydrogen (secondary N) is 2. The van der Waals surface area contributed by atoms with E-state index in [9.17, 15) is 4.79 Å². The second-order valence-corrected chi connectivity index (χ2v) is 4.75. The van der Waals surface area contributed by atoms with Gasteiger partial charge >= 0.3 is 0 Å². The normalized spacial score (nSPS) is 25.4. The Bertz CT molecular complexity index is 561. The Labute approximate surface area is 99.4 Å². The van der Waals surface area contributed by atoms with Crippen LogP contribution >= 0.6 is 0 Å². The monoisotopic (exact) mass is 229 g/mol. The van der Waals surface area contributed by atoms with E-state index < -0.39 is 0 Å². The fourth-order valence-electron chi connectivity index (χ4n) is 2.32. The van der Waals surface area contributed by atoms with E-state index in [1.807, 2.05) is 19.2 Å². The van der Waals surface area contributed by atoms with Crippen molar-refractivity contribution in [3.63, 3.8) is 0 Å². The number of hydrogen-bond donors (Lipinski definition) is 2. The molecule has 0 amide bonds. The van der Waals surface area contributed by atoms with Crippen LogP contribution in [0.5, 0.6) is 0 Å². The van der Waals surface area contributed by atoms with Crippen LogP contribution in [-0.2, 0) is 4.79 Å². The zero-order valence-corrected chi connectivity index (χ0v) is 9.73. The van der Waals surface area contributed by atoms with Crippen LogP contribution in [0.25, 0.3) is 10.9 Å². The molecule has 1 fully saturated rings. The molecule has 0 spiro atoms. The van der Waals surface area contributed by atoms with E-state index in [1.54, 1.807) is 0 Å². The fourth-order valence-corrected chi connectivity index (χ4v) is 2.32. The van der Waals surface area contributed by atoms with Gasteiger partial charge < -0.3 is 5.32 Å². The van der Waals surface area contributed by atoms with Gasteiger partial charge in [-0.1, -0.05) is 13.0 Å². The Kier molecular flexibility index (Phi) is 2.44. The molecule has 3 rings (SSSR count). The lowest BCUT2D eigenvalue weighted by Crippen LogP contribution is -2.37. The first-order valence-electron chi connectivity index (χ1n) is 5.93. The van der Waals surface area contributed by atoms with E-state index in [0.717, 1.165) is 17.4 Å². The molecule has 0 unspecified atom stereocenters. The number of aromatic amines is 1. The van der Waals surface area contributed by atoms with Crippen LogP contribution in [0, 0.1) is 5.92 Å². The third kappa shape index (κ3) is 1.85. The maximum atomic E-state index is 11.7. The lowest BCUT2D eigenvalue weighted by Gasteiger charge is -2.27. The molecule has 2 aromatic rings. The van der Waals surface area contributed by atoms with E-state index in [4.69, 9.17) is 0 Å². The van der Waals surface area contributed by atoms with Crippen molar-refractivity contribution in [3.8, 4) is 0 Å². The van der Waals surface area contributed by atoms with E-state index >= 15 is 0 Å². The Morgan fingerprint density at radius 1 is 1.41 bits per heavy atom. The van der Waals surface area contributed by atoms with Crippen LogP contribution in [0.1, 0.15) is 24.9 Å². The quantitative estimate of drug-likeness (QED) is 0.784. The summed E-state index contributed by atoms with van der Waals surface area (Å²) >= 11 is 0. The summed E-state index contributed by atoms with van der Waals surface area (Å²) in [6, 6.07) is 6.32. The molecular formula is C13H15N3O. The van der Waals surface area contributed by atoms with Crippen LogP contribution in [0.4, 0.5) is 0 Å². The third-order valence-corrected chi connectivity index (χ3v) is 3.49. The molecule has 2 heterocycles. The van der Waals surface area contributed by atoms with Gasteiger partial charge in [0.1, 0.15) is 5.78 Å². The zero-order chi connectivity index (χ0) is 11.8. The van der Waals surface area contributed by atoms with Crippen LogP contribution in [0.2, 0.25) is 0 Å². The second kappa shape index (κ2) is 3.96. The molecule has 1 aromatic heterocycles. The lowest BCUT2D eigenvalue weighted by atomic mass is 9.90. The number of nitrogens with zero attached hydrogens (tertiary/aromatic N) is 1. The number of hydrogen-bond acceptors (Lipinski definition) is 3. The summed E-state index contributed by atoms with van der Waals surface area (Å²) in [6.45, 7) is 2.75. The highest BCUT2D eigenvalue weighted by molar-refractivity contribution is 5.83. The van der Waals surface area contributed by atoms with Crippen LogP contribution < -0.4 is 5.32 Å². The third-order valence-electron chi connectivity index (χ3n) is 3.49. The Balaban J connectivity index is 1.90. The number of Topliss-reactive ketones (excluding diaryl/α,β-unsaturated/α-hetero) is 1. The summed E-state index contributed by atoms with van der Waals surface area (Å²) in [5.41, 5.74) is 2.20. The van der Waals surface area contributed by atoms with Gasteiger partial charge in [-0.3, -0.25) is 9.89 Å². The van der Waals surface area contributed by atoms with Gasteiger partial charge in [-0.05, 0) is 17.7 Å². The molecular weight excluding hydrogens is 214 g/mol. The second-order valence-electron chi connectivity index (χ2n) is 4.75. The van der Waals surface area contributed by atoms with E-state index in [1.165, 1.54) is 5.56 Å². The predicted molar refractivity (Wildman–Crippen MR) is 65.6 cm³/mol. The van der Waals surface area contributed by atoms with Gasteiger partial charge in [-0.25, -0.2) is 0 Å². The minimum Gasteiger partial charge on any atom is -0.309 e. The number of benzene rings is 1. The van der Waals surface area contributed by atoms with Crippen LogP contribution in [-0.4, -0.2) is 22.5 Å². The number of carbonyl (C=O) groups excluding carboxylic acids is 1.